The number of nitriles is 1. The summed E-state index contributed by atoms with van der Waals surface area (Å²) < 4.78 is 44.4. The number of amides is 4. The van der Waals surface area contributed by atoms with Crippen molar-refractivity contribution in [3.8, 4) is 11.8 Å². The maximum absolute atomic E-state index is 13.5. The predicted molar refractivity (Wildman–Crippen MR) is 131 cm³/mol. The van der Waals surface area contributed by atoms with E-state index in [4.69, 9.17) is 4.74 Å². The second-order valence-corrected chi connectivity index (χ2v) is 11.1. The van der Waals surface area contributed by atoms with Crippen LogP contribution in [0.5, 0.6) is 5.75 Å². The fraction of sp³-hybridized carbons (Fsp3) is 0.577. The maximum atomic E-state index is 13.5. The number of rotatable bonds is 7. The quantitative estimate of drug-likeness (QED) is 0.475. The van der Waals surface area contributed by atoms with Gasteiger partial charge in [0.05, 0.1) is 11.8 Å². The number of fused-ring (bicyclic) bond motifs is 2. The molecular weight excluding hydrogens is 519 g/mol. The third-order valence-electron chi connectivity index (χ3n) is 7.87. The Labute approximate surface area is 223 Å². The molecule has 1 aliphatic carbocycles. The van der Waals surface area contributed by atoms with Gasteiger partial charge in [0.15, 0.2) is 6.10 Å². The van der Waals surface area contributed by atoms with Crippen LogP contribution in [0.25, 0.3) is 0 Å². The summed E-state index contributed by atoms with van der Waals surface area (Å²) in [6.07, 6.45) is -6.40. The molecule has 4 rings (SSSR count). The first kappa shape index (κ1) is 28.2. The van der Waals surface area contributed by atoms with Gasteiger partial charge in [-0.1, -0.05) is 39.8 Å². The van der Waals surface area contributed by atoms with Crippen LogP contribution >= 0.6 is 0 Å². The molecule has 0 aromatic heterocycles. The zero-order valence-corrected chi connectivity index (χ0v) is 21.8. The lowest BCUT2D eigenvalue weighted by molar-refractivity contribution is -0.175. The molecule has 1 aromatic rings. The van der Waals surface area contributed by atoms with E-state index in [9.17, 15) is 37.6 Å². The zero-order chi connectivity index (χ0) is 28.9. The molecule has 2 aliphatic heterocycles. The zero-order valence-electron chi connectivity index (χ0n) is 21.8. The monoisotopic (exact) mass is 549 g/mol. The Balaban J connectivity index is 1.49. The Morgan fingerprint density at radius 1 is 1.23 bits per heavy atom. The number of benzene rings is 1. The lowest BCUT2D eigenvalue weighted by atomic mass is 9.97. The lowest BCUT2D eigenvalue weighted by Gasteiger charge is -2.34. The van der Waals surface area contributed by atoms with Crippen LogP contribution in [0.2, 0.25) is 0 Å². The van der Waals surface area contributed by atoms with E-state index in [1.807, 2.05) is 19.9 Å². The third kappa shape index (κ3) is 5.37. The molecule has 3 aliphatic rings. The first-order chi connectivity index (χ1) is 18.2. The van der Waals surface area contributed by atoms with Crippen LogP contribution in [0.1, 0.15) is 34.1 Å². The summed E-state index contributed by atoms with van der Waals surface area (Å²) in [5.74, 6) is -4.81. The summed E-state index contributed by atoms with van der Waals surface area (Å²) in [5.41, 5.74) is 0.176. The molecule has 3 unspecified atom stereocenters. The molecule has 0 radical (unpaired) electrons. The summed E-state index contributed by atoms with van der Waals surface area (Å²) in [6, 6.07) is 5.00. The van der Waals surface area contributed by atoms with Crippen LogP contribution in [0.4, 0.5) is 18.9 Å². The van der Waals surface area contributed by atoms with Crippen molar-refractivity contribution in [1.29, 1.82) is 5.26 Å². The van der Waals surface area contributed by atoms with Gasteiger partial charge in [-0.3, -0.25) is 19.2 Å². The Morgan fingerprint density at radius 2 is 1.90 bits per heavy atom. The molecule has 10 nitrogen and oxygen atoms in total. The summed E-state index contributed by atoms with van der Waals surface area (Å²) >= 11 is 0. The Hall–Kier alpha value is -3.82. The molecule has 1 aromatic carbocycles. The van der Waals surface area contributed by atoms with Crippen molar-refractivity contribution in [3.05, 3.63) is 24.3 Å². The number of hydrogen-bond donors (Lipinski definition) is 3. The molecule has 0 bridgehead atoms. The van der Waals surface area contributed by atoms with Crippen molar-refractivity contribution in [2.45, 2.75) is 64.5 Å². The minimum atomic E-state index is -5.17. The minimum absolute atomic E-state index is 0.0761. The van der Waals surface area contributed by atoms with Crippen molar-refractivity contribution < 1.29 is 37.1 Å². The van der Waals surface area contributed by atoms with Crippen LogP contribution in [0.3, 0.4) is 0 Å². The van der Waals surface area contributed by atoms with Crippen LogP contribution in [0, 0.1) is 34.5 Å². The fourth-order valence-electron chi connectivity index (χ4n) is 5.59. The van der Waals surface area contributed by atoms with Crippen molar-refractivity contribution in [2.75, 3.05) is 11.9 Å². The average molecular weight is 550 g/mol. The average Bonchev–Trinajstić information content (AvgIpc) is 3.18. The molecule has 2 heterocycles. The van der Waals surface area contributed by atoms with E-state index >= 15 is 0 Å². The van der Waals surface area contributed by atoms with Gasteiger partial charge in [0.2, 0.25) is 11.8 Å². The highest BCUT2D eigenvalue weighted by Crippen LogP contribution is 2.65. The van der Waals surface area contributed by atoms with Crippen LogP contribution < -0.4 is 20.7 Å². The van der Waals surface area contributed by atoms with Gasteiger partial charge in [-0.2, -0.15) is 18.4 Å². The smallest absolute Gasteiger partial charge is 0.471 e. The van der Waals surface area contributed by atoms with Crippen LogP contribution in [-0.4, -0.2) is 65.5 Å². The molecule has 0 spiro atoms. The molecule has 13 heteroatoms. The van der Waals surface area contributed by atoms with Gasteiger partial charge in [0.25, 0.3) is 5.91 Å². The molecule has 6 atom stereocenters. The van der Waals surface area contributed by atoms with Crippen LogP contribution in [0.15, 0.2) is 24.3 Å². The third-order valence-corrected chi connectivity index (χ3v) is 7.87. The number of likely N-dealkylation sites (tertiary alicyclic amines) is 1. The predicted octanol–water partition coefficient (Wildman–Crippen LogP) is 1.97. The standard InChI is InChI=1S/C26H30F3N5O5/c1-12(2)19(33-24(38)26(27,28)29)23(37)34-11-14-18(25(14,3)4)20(34)22(36)31-13(10-30)9-17-21(35)32-15-7-5-6-8-16(15)39-17/h5-8,12-14,17-20H,9,11H2,1-4H3,(H,31,36)(H,32,35)(H,33,38)/t13?,14-,17?,18-,19?,20-/m0/s1. The van der Waals surface area contributed by atoms with Gasteiger partial charge in [-0.25, -0.2) is 0 Å². The Kier molecular flexibility index (Phi) is 7.27. The fourth-order valence-corrected chi connectivity index (χ4v) is 5.59. The SMILES string of the molecule is CC(C)C(NC(=O)C(F)(F)F)C(=O)N1C[C@H]2[C@@H]([C@H]1C(=O)NC(C#N)CC1Oc3ccccc3NC1=O)C2(C)C. The van der Waals surface area contributed by atoms with Gasteiger partial charge in [-0.15, -0.1) is 0 Å². The molecule has 210 valence electrons. The van der Waals surface area contributed by atoms with Crippen molar-refractivity contribution in [2.24, 2.45) is 23.2 Å². The second-order valence-electron chi connectivity index (χ2n) is 11.1. The molecule has 39 heavy (non-hydrogen) atoms. The first-order valence-electron chi connectivity index (χ1n) is 12.6. The van der Waals surface area contributed by atoms with Crippen molar-refractivity contribution >= 4 is 29.3 Å². The van der Waals surface area contributed by atoms with E-state index in [1.165, 1.54) is 18.7 Å². The highest BCUT2D eigenvalue weighted by atomic mass is 19.4. The number of alkyl halides is 3. The number of nitrogens with one attached hydrogen (secondary N) is 3. The number of hydrogen-bond acceptors (Lipinski definition) is 6. The van der Waals surface area contributed by atoms with E-state index in [1.54, 1.807) is 29.6 Å². The number of anilines is 1. The first-order valence-corrected chi connectivity index (χ1v) is 12.6. The highest BCUT2D eigenvalue weighted by Gasteiger charge is 2.69. The van der Waals surface area contributed by atoms with Crippen molar-refractivity contribution in [3.63, 3.8) is 0 Å². The number of para-hydroxylation sites is 2. The van der Waals surface area contributed by atoms with Gasteiger partial charge in [0.1, 0.15) is 23.9 Å². The highest BCUT2D eigenvalue weighted by molar-refractivity contribution is 5.98. The number of ether oxygens (including phenoxy) is 1. The van der Waals surface area contributed by atoms with Gasteiger partial charge in [-0.05, 0) is 35.3 Å². The maximum Gasteiger partial charge on any atom is 0.471 e. The summed E-state index contributed by atoms with van der Waals surface area (Å²) in [4.78, 5) is 52.2. The van der Waals surface area contributed by atoms with E-state index in [0.717, 1.165) is 0 Å². The summed E-state index contributed by atoms with van der Waals surface area (Å²) in [5, 5.41) is 16.8. The Bertz CT molecular complexity index is 1230. The van der Waals surface area contributed by atoms with E-state index in [0.29, 0.717) is 11.4 Å². The normalized spacial score (nSPS) is 26.2. The number of piperidine rings is 1. The molecular formula is C26H30F3N5O5. The number of carbonyl (C=O) groups is 4. The second kappa shape index (κ2) is 10.1. The molecule has 2 fully saturated rings. The van der Waals surface area contributed by atoms with Gasteiger partial charge < -0.3 is 25.6 Å². The topological polar surface area (TPSA) is 141 Å². The summed E-state index contributed by atoms with van der Waals surface area (Å²) in [7, 11) is 0. The number of halogens is 3. The van der Waals surface area contributed by atoms with Crippen LogP contribution in [-0.2, 0) is 19.2 Å². The molecule has 3 N–H and O–H groups in total. The molecule has 4 amide bonds. The van der Waals surface area contributed by atoms with Gasteiger partial charge >= 0.3 is 12.1 Å². The van der Waals surface area contributed by atoms with Crippen molar-refractivity contribution in [1.82, 2.24) is 15.5 Å². The lowest BCUT2D eigenvalue weighted by Crippen LogP contribution is -2.59. The molecule has 1 saturated heterocycles. The minimum Gasteiger partial charge on any atom is -0.478 e. The largest absolute Gasteiger partial charge is 0.478 e. The van der Waals surface area contributed by atoms with E-state index in [2.05, 4.69) is 10.6 Å². The van der Waals surface area contributed by atoms with Gasteiger partial charge in [0, 0.05) is 13.0 Å². The summed E-state index contributed by atoms with van der Waals surface area (Å²) in [6.45, 7) is 6.97. The number of nitrogens with zero attached hydrogens (tertiary/aromatic N) is 2. The number of carbonyl (C=O) groups excluding carboxylic acids is 4. The molecule has 1 saturated carbocycles. The Morgan fingerprint density at radius 3 is 2.51 bits per heavy atom. The van der Waals surface area contributed by atoms with E-state index in [-0.39, 0.29) is 30.2 Å². The van der Waals surface area contributed by atoms with E-state index < -0.39 is 60.0 Å².